The normalized spacial score (nSPS) is 10.8. The second kappa shape index (κ2) is 5.40. The van der Waals surface area contributed by atoms with Crippen LogP contribution in [0.4, 0.5) is 10.2 Å². The van der Waals surface area contributed by atoms with Gasteiger partial charge in [0.2, 0.25) is 0 Å². The third-order valence-corrected chi connectivity index (χ3v) is 3.51. The lowest BCUT2D eigenvalue weighted by Gasteiger charge is -2.04. The third kappa shape index (κ3) is 2.65. The summed E-state index contributed by atoms with van der Waals surface area (Å²) < 4.78 is 15.1. The van der Waals surface area contributed by atoms with Crippen LogP contribution in [0.5, 0.6) is 0 Å². The van der Waals surface area contributed by atoms with Crippen LogP contribution in [-0.2, 0) is 6.54 Å². The first-order valence-corrected chi connectivity index (χ1v) is 6.78. The van der Waals surface area contributed by atoms with Crippen molar-refractivity contribution in [1.82, 2.24) is 9.78 Å². The van der Waals surface area contributed by atoms with E-state index >= 15 is 0 Å². The Morgan fingerprint density at radius 1 is 1.10 bits per heavy atom. The van der Waals surface area contributed by atoms with E-state index in [1.807, 2.05) is 43.3 Å². The number of aromatic nitrogens is 2. The summed E-state index contributed by atoms with van der Waals surface area (Å²) in [6.07, 6.45) is 0. The van der Waals surface area contributed by atoms with Crippen LogP contribution in [0.3, 0.4) is 0 Å². The van der Waals surface area contributed by atoms with Crippen molar-refractivity contribution in [3.8, 4) is 11.3 Å². The number of nitrogen functional groups attached to an aromatic ring is 1. The van der Waals surface area contributed by atoms with Crippen molar-refractivity contribution >= 4 is 5.82 Å². The molecule has 21 heavy (non-hydrogen) atoms. The lowest BCUT2D eigenvalue weighted by molar-refractivity contribution is 0.628. The first-order valence-electron chi connectivity index (χ1n) is 6.78. The standard InChI is InChI=1S/C17H16FN3/c1-12-16(14-8-5-9-15(18)10-14)20-21(17(12)19)11-13-6-3-2-4-7-13/h2-10H,11,19H2,1H3. The number of rotatable bonds is 3. The minimum absolute atomic E-state index is 0.275. The molecular formula is C17H16FN3. The molecular weight excluding hydrogens is 265 g/mol. The van der Waals surface area contributed by atoms with Gasteiger partial charge in [0.1, 0.15) is 11.6 Å². The Hall–Kier alpha value is -2.62. The van der Waals surface area contributed by atoms with Crippen LogP contribution in [0.15, 0.2) is 54.6 Å². The Bertz CT molecular complexity index is 763. The summed E-state index contributed by atoms with van der Waals surface area (Å²) in [6.45, 7) is 2.51. The van der Waals surface area contributed by atoms with E-state index in [1.165, 1.54) is 12.1 Å². The number of nitrogens with zero attached hydrogens (tertiary/aromatic N) is 2. The summed E-state index contributed by atoms with van der Waals surface area (Å²) in [5, 5.41) is 4.54. The molecule has 0 bridgehead atoms. The first kappa shape index (κ1) is 13.4. The molecule has 0 atom stereocenters. The molecule has 2 aromatic carbocycles. The largest absolute Gasteiger partial charge is 0.384 e. The SMILES string of the molecule is Cc1c(-c2cccc(F)c2)nn(Cc2ccccc2)c1N. The molecule has 0 radical (unpaired) electrons. The van der Waals surface area contributed by atoms with Crippen molar-refractivity contribution in [3.05, 3.63) is 71.5 Å². The highest BCUT2D eigenvalue weighted by atomic mass is 19.1. The van der Waals surface area contributed by atoms with Gasteiger partial charge in [-0.3, -0.25) is 0 Å². The van der Waals surface area contributed by atoms with E-state index < -0.39 is 0 Å². The number of hydrogen-bond donors (Lipinski definition) is 1. The number of hydrogen-bond acceptors (Lipinski definition) is 2. The maximum Gasteiger partial charge on any atom is 0.125 e. The van der Waals surface area contributed by atoms with E-state index in [-0.39, 0.29) is 5.82 Å². The fourth-order valence-electron chi connectivity index (χ4n) is 2.35. The summed E-state index contributed by atoms with van der Waals surface area (Å²) in [6, 6.07) is 16.4. The molecule has 106 valence electrons. The average molecular weight is 281 g/mol. The molecule has 0 aliphatic heterocycles. The molecule has 4 heteroatoms. The zero-order valence-corrected chi connectivity index (χ0v) is 11.8. The zero-order chi connectivity index (χ0) is 14.8. The van der Waals surface area contributed by atoms with Crippen LogP contribution in [0, 0.1) is 12.7 Å². The summed E-state index contributed by atoms with van der Waals surface area (Å²) in [7, 11) is 0. The maximum atomic E-state index is 13.4. The van der Waals surface area contributed by atoms with E-state index in [4.69, 9.17) is 5.73 Å². The molecule has 0 amide bonds. The van der Waals surface area contributed by atoms with Gasteiger partial charge in [-0.25, -0.2) is 9.07 Å². The van der Waals surface area contributed by atoms with Crippen LogP contribution in [0.2, 0.25) is 0 Å². The molecule has 0 saturated heterocycles. The molecule has 2 N–H and O–H groups in total. The van der Waals surface area contributed by atoms with Gasteiger partial charge in [-0.15, -0.1) is 0 Å². The Kier molecular flexibility index (Phi) is 3.44. The summed E-state index contributed by atoms with van der Waals surface area (Å²) in [4.78, 5) is 0. The molecule has 0 unspecified atom stereocenters. The van der Waals surface area contributed by atoms with Gasteiger partial charge in [0.05, 0.1) is 12.2 Å². The minimum atomic E-state index is -0.275. The highest BCUT2D eigenvalue weighted by molar-refractivity contribution is 5.67. The van der Waals surface area contributed by atoms with E-state index in [2.05, 4.69) is 5.10 Å². The molecule has 0 fully saturated rings. The Morgan fingerprint density at radius 3 is 2.57 bits per heavy atom. The molecule has 0 saturated carbocycles. The van der Waals surface area contributed by atoms with Gasteiger partial charge in [0.25, 0.3) is 0 Å². The minimum Gasteiger partial charge on any atom is -0.384 e. The lowest BCUT2D eigenvalue weighted by atomic mass is 10.1. The van der Waals surface area contributed by atoms with Crippen LogP contribution in [-0.4, -0.2) is 9.78 Å². The molecule has 3 rings (SSSR count). The van der Waals surface area contributed by atoms with Crippen molar-refractivity contribution in [2.75, 3.05) is 5.73 Å². The Labute approximate surface area is 122 Å². The van der Waals surface area contributed by atoms with Crippen LogP contribution < -0.4 is 5.73 Å². The van der Waals surface area contributed by atoms with Gasteiger partial charge in [-0.1, -0.05) is 42.5 Å². The van der Waals surface area contributed by atoms with Crippen LogP contribution in [0.25, 0.3) is 11.3 Å². The molecule has 0 spiro atoms. The van der Waals surface area contributed by atoms with E-state index in [9.17, 15) is 4.39 Å². The molecule has 0 aliphatic rings. The second-order valence-electron chi connectivity index (χ2n) is 5.01. The molecule has 3 nitrogen and oxygen atoms in total. The van der Waals surface area contributed by atoms with Crippen molar-refractivity contribution in [2.24, 2.45) is 0 Å². The zero-order valence-electron chi connectivity index (χ0n) is 11.8. The lowest BCUT2D eigenvalue weighted by Crippen LogP contribution is -2.06. The number of nitrogens with two attached hydrogens (primary N) is 1. The number of benzene rings is 2. The van der Waals surface area contributed by atoms with Crippen molar-refractivity contribution in [3.63, 3.8) is 0 Å². The highest BCUT2D eigenvalue weighted by Gasteiger charge is 2.14. The van der Waals surface area contributed by atoms with Crippen molar-refractivity contribution < 1.29 is 4.39 Å². The summed E-state index contributed by atoms with van der Waals surface area (Å²) in [5.74, 6) is 0.334. The van der Waals surface area contributed by atoms with Gasteiger partial charge in [-0.05, 0) is 24.6 Å². The molecule has 1 heterocycles. The monoisotopic (exact) mass is 281 g/mol. The number of anilines is 1. The predicted octanol–water partition coefficient (Wildman–Crippen LogP) is 3.63. The highest BCUT2D eigenvalue weighted by Crippen LogP contribution is 2.27. The molecule has 1 aromatic heterocycles. The quantitative estimate of drug-likeness (QED) is 0.796. The fraction of sp³-hybridized carbons (Fsp3) is 0.118. The summed E-state index contributed by atoms with van der Waals surface area (Å²) in [5.41, 5.74) is 9.59. The van der Waals surface area contributed by atoms with Gasteiger partial charge in [-0.2, -0.15) is 5.10 Å². The molecule has 0 aliphatic carbocycles. The Morgan fingerprint density at radius 2 is 1.86 bits per heavy atom. The van der Waals surface area contributed by atoms with Gasteiger partial charge in [0, 0.05) is 11.1 Å². The van der Waals surface area contributed by atoms with Gasteiger partial charge >= 0.3 is 0 Å². The number of halogens is 1. The fourth-order valence-corrected chi connectivity index (χ4v) is 2.35. The predicted molar refractivity (Wildman–Crippen MR) is 82.3 cm³/mol. The van der Waals surface area contributed by atoms with E-state index in [1.54, 1.807) is 10.7 Å². The van der Waals surface area contributed by atoms with Crippen LogP contribution >= 0.6 is 0 Å². The maximum absolute atomic E-state index is 13.4. The second-order valence-corrected chi connectivity index (χ2v) is 5.01. The average Bonchev–Trinajstić information content (AvgIpc) is 2.77. The smallest absolute Gasteiger partial charge is 0.125 e. The first-order chi connectivity index (χ1) is 10.1. The van der Waals surface area contributed by atoms with Crippen molar-refractivity contribution in [1.29, 1.82) is 0 Å². The Balaban J connectivity index is 1.99. The van der Waals surface area contributed by atoms with E-state index in [0.29, 0.717) is 12.4 Å². The summed E-state index contributed by atoms with van der Waals surface area (Å²) >= 11 is 0. The van der Waals surface area contributed by atoms with Crippen molar-refractivity contribution in [2.45, 2.75) is 13.5 Å². The molecule has 3 aromatic rings. The van der Waals surface area contributed by atoms with Gasteiger partial charge < -0.3 is 5.73 Å². The van der Waals surface area contributed by atoms with Gasteiger partial charge in [0.15, 0.2) is 0 Å². The topological polar surface area (TPSA) is 43.8 Å². The van der Waals surface area contributed by atoms with Crippen LogP contribution in [0.1, 0.15) is 11.1 Å². The third-order valence-electron chi connectivity index (χ3n) is 3.51. The van der Waals surface area contributed by atoms with E-state index in [0.717, 1.165) is 22.4 Å².